The van der Waals surface area contributed by atoms with Crippen LogP contribution in [-0.2, 0) is 32.3 Å². The number of nitrogens with zero attached hydrogens (tertiary/aromatic N) is 4. The van der Waals surface area contributed by atoms with Crippen LogP contribution in [0.5, 0.6) is 0 Å². The van der Waals surface area contributed by atoms with Gasteiger partial charge < -0.3 is 14.2 Å². The van der Waals surface area contributed by atoms with E-state index in [9.17, 15) is 4.79 Å². The van der Waals surface area contributed by atoms with Gasteiger partial charge in [-0.05, 0) is 19.4 Å². The maximum atomic E-state index is 11.3. The predicted molar refractivity (Wildman–Crippen MR) is 117 cm³/mol. The van der Waals surface area contributed by atoms with Crippen molar-refractivity contribution in [3.8, 4) is 0 Å². The van der Waals surface area contributed by atoms with E-state index in [-0.39, 0.29) is 35.9 Å². The first kappa shape index (κ1) is 23.1. The molecular formula is C21H26ClN5O4. The Balaban J connectivity index is 1.65. The van der Waals surface area contributed by atoms with Crippen LogP contribution in [0.1, 0.15) is 26.3 Å². The molecule has 3 aromatic rings. The number of imidazole rings is 1. The van der Waals surface area contributed by atoms with Gasteiger partial charge in [-0.1, -0.05) is 41.9 Å². The van der Waals surface area contributed by atoms with Crippen molar-refractivity contribution < 1.29 is 19.0 Å². The highest BCUT2D eigenvalue weighted by Crippen LogP contribution is 2.21. The van der Waals surface area contributed by atoms with E-state index in [1.54, 1.807) is 10.9 Å². The number of aromatic nitrogens is 4. The molecule has 0 bridgehead atoms. The summed E-state index contributed by atoms with van der Waals surface area (Å²) in [6, 6.07) is 9.93. The largest absolute Gasteiger partial charge is 0.376 e. The smallest absolute Gasteiger partial charge is 0.232 e. The fourth-order valence-electron chi connectivity index (χ4n) is 2.73. The van der Waals surface area contributed by atoms with E-state index in [4.69, 9.17) is 25.8 Å². The summed E-state index contributed by atoms with van der Waals surface area (Å²) in [4.78, 5) is 23.9. The Labute approximate surface area is 185 Å². The highest BCUT2D eigenvalue weighted by atomic mass is 35.5. The topological polar surface area (TPSA) is 100 Å². The average molecular weight is 448 g/mol. The highest BCUT2D eigenvalue weighted by molar-refractivity contribution is 6.33. The number of halogens is 1. The molecule has 31 heavy (non-hydrogen) atoms. The number of nitrogens with one attached hydrogen (secondary N) is 1. The van der Waals surface area contributed by atoms with E-state index in [0.29, 0.717) is 31.0 Å². The molecule has 1 unspecified atom stereocenters. The molecule has 1 atom stereocenters. The van der Waals surface area contributed by atoms with Crippen molar-refractivity contribution >= 4 is 34.6 Å². The van der Waals surface area contributed by atoms with Crippen LogP contribution >= 0.6 is 11.6 Å². The third-order valence-electron chi connectivity index (χ3n) is 4.19. The Hall–Kier alpha value is -2.59. The highest BCUT2D eigenvalue weighted by Gasteiger charge is 2.16. The molecule has 0 fully saturated rings. The number of carbonyl (C=O) groups is 1. The van der Waals surface area contributed by atoms with Gasteiger partial charge in [0.15, 0.2) is 10.8 Å². The molecule has 0 aliphatic heterocycles. The summed E-state index contributed by atoms with van der Waals surface area (Å²) in [6.45, 7) is 6.69. The van der Waals surface area contributed by atoms with E-state index in [1.165, 1.54) is 6.92 Å². The summed E-state index contributed by atoms with van der Waals surface area (Å²) in [5.41, 5.74) is 1.97. The van der Waals surface area contributed by atoms with Crippen molar-refractivity contribution in [3.05, 3.63) is 47.4 Å². The molecule has 0 saturated carbocycles. The Kier molecular flexibility index (Phi) is 8.30. The Morgan fingerprint density at radius 2 is 1.94 bits per heavy atom. The van der Waals surface area contributed by atoms with E-state index < -0.39 is 0 Å². The molecular weight excluding hydrogens is 422 g/mol. The fourth-order valence-corrected chi connectivity index (χ4v) is 2.94. The van der Waals surface area contributed by atoms with Crippen LogP contribution in [0.3, 0.4) is 0 Å². The lowest BCUT2D eigenvalue weighted by atomic mass is 10.2. The molecule has 2 aromatic heterocycles. The van der Waals surface area contributed by atoms with Gasteiger partial charge in [0, 0.05) is 6.92 Å². The monoisotopic (exact) mass is 447 g/mol. The average Bonchev–Trinajstić information content (AvgIpc) is 3.13. The van der Waals surface area contributed by atoms with Crippen molar-refractivity contribution in [3.63, 3.8) is 0 Å². The zero-order valence-electron chi connectivity index (χ0n) is 17.7. The predicted octanol–water partition coefficient (Wildman–Crippen LogP) is 3.42. The molecule has 0 saturated heterocycles. The first-order valence-electron chi connectivity index (χ1n) is 9.93. The molecule has 1 aromatic carbocycles. The molecule has 10 heteroatoms. The lowest BCUT2D eigenvalue weighted by Gasteiger charge is -2.20. The summed E-state index contributed by atoms with van der Waals surface area (Å²) >= 11 is 6.17. The second kappa shape index (κ2) is 11.1. The Bertz CT molecular complexity index is 996. The zero-order chi connectivity index (χ0) is 22.2. The quantitative estimate of drug-likeness (QED) is 0.449. The number of amides is 1. The van der Waals surface area contributed by atoms with Gasteiger partial charge in [-0.15, -0.1) is 0 Å². The van der Waals surface area contributed by atoms with E-state index in [2.05, 4.69) is 20.3 Å². The van der Waals surface area contributed by atoms with Crippen LogP contribution in [0.15, 0.2) is 36.7 Å². The van der Waals surface area contributed by atoms with Crippen LogP contribution in [0.4, 0.5) is 5.95 Å². The van der Waals surface area contributed by atoms with E-state index in [0.717, 1.165) is 5.56 Å². The second-order valence-corrected chi connectivity index (χ2v) is 7.56. The number of ether oxygens (including phenoxy) is 3. The van der Waals surface area contributed by atoms with Crippen LogP contribution in [0.25, 0.3) is 11.2 Å². The van der Waals surface area contributed by atoms with Gasteiger partial charge in [-0.3, -0.25) is 14.7 Å². The van der Waals surface area contributed by atoms with Crippen LogP contribution in [-0.4, -0.2) is 50.8 Å². The normalized spacial score (nSPS) is 12.4. The molecule has 9 nitrogen and oxygen atoms in total. The number of fused-ring (bicyclic) bond motifs is 1. The summed E-state index contributed by atoms with van der Waals surface area (Å²) in [5, 5.41) is 2.68. The maximum Gasteiger partial charge on any atom is 0.232 e. The van der Waals surface area contributed by atoms with Crippen molar-refractivity contribution in [1.82, 2.24) is 19.5 Å². The van der Waals surface area contributed by atoms with Gasteiger partial charge in [-0.2, -0.15) is 9.97 Å². The Morgan fingerprint density at radius 3 is 2.65 bits per heavy atom. The molecule has 0 aliphatic carbocycles. The molecule has 1 amide bonds. The first-order valence-corrected chi connectivity index (χ1v) is 10.3. The number of hydrogen-bond donors (Lipinski definition) is 1. The summed E-state index contributed by atoms with van der Waals surface area (Å²) in [7, 11) is 0. The third-order valence-corrected chi connectivity index (χ3v) is 4.45. The van der Waals surface area contributed by atoms with Crippen molar-refractivity contribution in [2.24, 2.45) is 0 Å². The van der Waals surface area contributed by atoms with Crippen LogP contribution in [0.2, 0.25) is 5.15 Å². The number of rotatable bonds is 11. The van der Waals surface area contributed by atoms with Crippen LogP contribution in [0, 0.1) is 0 Å². The SMILES string of the molecule is CC(=O)Nc1nc(Cl)c2ncn(COC(COCc3ccccc3)COC(C)C)c2n1. The van der Waals surface area contributed by atoms with Gasteiger partial charge >= 0.3 is 0 Å². The first-order chi connectivity index (χ1) is 14.9. The number of hydrogen-bond acceptors (Lipinski definition) is 7. The van der Waals surface area contributed by atoms with Crippen molar-refractivity contribution in [2.75, 3.05) is 18.5 Å². The van der Waals surface area contributed by atoms with Gasteiger partial charge in [0.2, 0.25) is 11.9 Å². The van der Waals surface area contributed by atoms with Gasteiger partial charge in [0.25, 0.3) is 0 Å². The molecule has 166 valence electrons. The third kappa shape index (κ3) is 6.96. The fraction of sp³-hybridized carbons (Fsp3) is 0.429. The number of benzene rings is 1. The van der Waals surface area contributed by atoms with Crippen LogP contribution < -0.4 is 5.32 Å². The van der Waals surface area contributed by atoms with Crippen molar-refractivity contribution in [2.45, 2.75) is 46.3 Å². The minimum atomic E-state index is -0.296. The molecule has 0 aliphatic rings. The molecule has 0 spiro atoms. The lowest BCUT2D eigenvalue weighted by molar-refractivity contribution is -0.114. The van der Waals surface area contributed by atoms with Gasteiger partial charge in [0.05, 0.1) is 32.3 Å². The Morgan fingerprint density at radius 1 is 1.16 bits per heavy atom. The summed E-state index contributed by atoms with van der Waals surface area (Å²) in [6.07, 6.45) is 1.34. The zero-order valence-corrected chi connectivity index (χ0v) is 18.5. The van der Waals surface area contributed by atoms with Crippen molar-refractivity contribution in [1.29, 1.82) is 0 Å². The minimum absolute atomic E-state index is 0.0704. The second-order valence-electron chi connectivity index (χ2n) is 7.21. The standard InChI is InChI=1S/C21H26ClN5O4/c1-14(2)30-11-17(10-29-9-16-7-5-4-6-8-16)31-13-27-12-23-18-19(22)25-21(24-15(3)28)26-20(18)27/h4-8,12,14,17H,9-11,13H2,1-3H3,(H,24,25,26,28). The molecule has 3 rings (SSSR count). The van der Waals surface area contributed by atoms with Gasteiger partial charge in [0.1, 0.15) is 18.4 Å². The maximum absolute atomic E-state index is 11.3. The lowest BCUT2D eigenvalue weighted by Crippen LogP contribution is -2.28. The van der Waals surface area contributed by atoms with Gasteiger partial charge in [-0.25, -0.2) is 4.98 Å². The summed E-state index contributed by atoms with van der Waals surface area (Å²) in [5.74, 6) is -0.183. The number of carbonyl (C=O) groups excluding carboxylic acids is 1. The molecule has 2 heterocycles. The minimum Gasteiger partial charge on any atom is -0.376 e. The van der Waals surface area contributed by atoms with E-state index in [1.807, 2.05) is 44.2 Å². The molecule has 0 radical (unpaired) electrons. The summed E-state index contributed by atoms with van der Waals surface area (Å²) < 4.78 is 19.3. The van der Waals surface area contributed by atoms with E-state index >= 15 is 0 Å². The number of anilines is 1. The molecule has 1 N–H and O–H groups in total.